The Morgan fingerprint density at radius 1 is 1.11 bits per heavy atom. The number of hydrogen-bond acceptors (Lipinski definition) is 6. The zero-order valence-electron chi connectivity index (χ0n) is 15.9. The van der Waals surface area contributed by atoms with Crippen LogP contribution in [0.2, 0.25) is 0 Å². The van der Waals surface area contributed by atoms with Crippen LogP contribution in [0.1, 0.15) is 28.4 Å². The van der Waals surface area contributed by atoms with Gasteiger partial charge in [-0.1, -0.05) is 31.2 Å². The Hall–Kier alpha value is -3.28. The molecule has 1 aliphatic rings. The summed E-state index contributed by atoms with van der Waals surface area (Å²) in [5.74, 6) is 0.784. The SMILES string of the molecule is CCc1ccc(C(=O)COC(=O)/C=C/c2cc(OC)c3c(c2)OCCO3)cc1. The number of methoxy groups -OCH3 is 1. The predicted octanol–water partition coefficient (Wildman–Crippen LogP) is 3.47. The summed E-state index contributed by atoms with van der Waals surface area (Å²) >= 11 is 0. The minimum absolute atomic E-state index is 0.245. The van der Waals surface area contributed by atoms with Crippen LogP contribution in [0.25, 0.3) is 6.08 Å². The Balaban J connectivity index is 1.59. The number of hydrogen-bond donors (Lipinski definition) is 0. The molecule has 1 heterocycles. The average molecular weight is 382 g/mol. The van der Waals surface area contributed by atoms with Crippen molar-refractivity contribution in [2.75, 3.05) is 26.9 Å². The van der Waals surface area contributed by atoms with E-state index in [0.29, 0.717) is 41.6 Å². The van der Waals surface area contributed by atoms with E-state index in [2.05, 4.69) is 0 Å². The lowest BCUT2D eigenvalue weighted by Gasteiger charge is -2.20. The second-order valence-electron chi connectivity index (χ2n) is 6.16. The number of benzene rings is 2. The maximum atomic E-state index is 12.1. The molecular formula is C22H22O6. The van der Waals surface area contributed by atoms with Crippen LogP contribution in [0.3, 0.4) is 0 Å². The first-order chi connectivity index (χ1) is 13.6. The number of Topliss-reactive ketones (excluding diaryl/α,β-unsaturated/α-hetero) is 1. The quantitative estimate of drug-likeness (QED) is 0.415. The lowest BCUT2D eigenvalue weighted by molar-refractivity contribution is -0.136. The predicted molar refractivity (Wildman–Crippen MR) is 104 cm³/mol. The molecule has 28 heavy (non-hydrogen) atoms. The fourth-order valence-electron chi connectivity index (χ4n) is 2.75. The summed E-state index contributed by atoms with van der Waals surface area (Å²) in [5, 5.41) is 0. The number of carbonyl (C=O) groups is 2. The zero-order chi connectivity index (χ0) is 19.9. The first-order valence-electron chi connectivity index (χ1n) is 9.05. The summed E-state index contributed by atoms with van der Waals surface area (Å²) in [5.41, 5.74) is 2.36. The summed E-state index contributed by atoms with van der Waals surface area (Å²) < 4.78 is 21.5. The molecule has 0 bridgehead atoms. The number of ketones is 1. The molecule has 146 valence electrons. The van der Waals surface area contributed by atoms with Gasteiger partial charge in [0.2, 0.25) is 5.75 Å². The fourth-order valence-corrected chi connectivity index (χ4v) is 2.75. The van der Waals surface area contributed by atoms with Gasteiger partial charge in [0.15, 0.2) is 23.9 Å². The third-order valence-electron chi connectivity index (χ3n) is 4.29. The van der Waals surface area contributed by atoms with E-state index in [4.69, 9.17) is 18.9 Å². The highest BCUT2D eigenvalue weighted by atomic mass is 16.6. The lowest BCUT2D eigenvalue weighted by atomic mass is 10.1. The van der Waals surface area contributed by atoms with Crippen molar-refractivity contribution in [2.45, 2.75) is 13.3 Å². The van der Waals surface area contributed by atoms with Crippen LogP contribution >= 0.6 is 0 Å². The number of esters is 1. The average Bonchev–Trinajstić information content (AvgIpc) is 2.75. The van der Waals surface area contributed by atoms with Crippen LogP contribution in [0.5, 0.6) is 17.2 Å². The van der Waals surface area contributed by atoms with Crippen molar-refractivity contribution in [1.29, 1.82) is 0 Å². The Morgan fingerprint density at radius 2 is 1.86 bits per heavy atom. The fraction of sp³-hybridized carbons (Fsp3) is 0.273. The number of aryl methyl sites for hydroxylation is 1. The van der Waals surface area contributed by atoms with Gasteiger partial charge in [0.05, 0.1) is 7.11 Å². The maximum Gasteiger partial charge on any atom is 0.331 e. The molecule has 0 saturated carbocycles. The highest BCUT2D eigenvalue weighted by Gasteiger charge is 2.18. The van der Waals surface area contributed by atoms with Crippen molar-refractivity contribution in [2.24, 2.45) is 0 Å². The molecule has 0 fully saturated rings. The van der Waals surface area contributed by atoms with Crippen LogP contribution in [0.15, 0.2) is 42.5 Å². The Morgan fingerprint density at radius 3 is 2.57 bits per heavy atom. The van der Waals surface area contributed by atoms with Crippen LogP contribution in [-0.2, 0) is 16.0 Å². The Kier molecular flexibility index (Phi) is 6.32. The van der Waals surface area contributed by atoms with E-state index >= 15 is 0 Å². The number of carbonyl (C=O) groups excluding carboxylic acids is 2. The number of rotatable bonds is 7. The largest absolute Gasteiger partial charge is 0.493 e. The normalized spacial score (nSPS) is 12.6. The standard InChI is InChI=1S/C22H22O6/c1-3-15-4-7-17(8-5-15)18(23)14-28-21(24)9-6-16-12-19(25-2)22-20(13-16)26-10-11-27-22/h4-9,12-13H,3,10-11,14H2,1-2H3/b9-6+. The molecule has 0 saturated heterocycles. The van der Waals surface area contributed by atoms with E-state index in [-0.39, 0.29) is 12.4 Å². The minimum atomic E-state index is -0.604. The van der Waals surface area contributed by atoms with Gasteiger partial charge in [-0.15, -0.1) is 0 Å². The van der Waals surface area contributed by atoms with E-state index < -0.39 is 5.97 Å². The second kappa shape index (κ2) is 9.08. The highest BCUT2D eigenvalue weighted by Crippen LogP contribution is 2.40. The van der Waals surface area contributed by atoms with Crippen LogP contribution in [0, 0.1) is 0 Å². The maximum absolute atomic E-state index is 12.1. The summed E-state index contributed by atoms with van der Waals surface area (Å²) in [6.45, 7) is 2.65. The van der Waals surface area contributed by atoms with Crippen LogP contribution < -0.4 is 14.2 Å². The van der Waals surface area contributed by atoms with Gasteiger partial charge in [-0.3, -0.25) is 4.79 Å². The van der Waals surface area contributed by atoms with Gasteiger partial charge < -0.3 is 18.9 Å². The molecule has 2 aromatic rings. The van der Waals surface area contributed by atoms with E-state index in [1.165, 1.54) is 13.2 Å². The van der Waals surface area contributed by atoms with E-state index in [1.54, 1.807) is 30.3 Å². The van der Waals surface area contributed by atoms with E-state index in [1.807, 2.05) is 19.1 Å². The zero-order valence-corrected chi connectivity index (χ0v) is 15.9. The van der Waals surface area contributed by atoms with Crippen molar-refractivity contribution in [3.63, 3.8) is 0 Å². The molecule has 0 amide bonds. The van der Waals surface area contributed by atoms with Crippen molar-refractivity contribution in [3.8, 4) is 17.2 Å². The van der Waals surface area contributed by atoms with Gasteiger partial charge in [-0.25, -0.2) is 4.79 Å². The molecule has 0 spiro atoms. The molecule has 6 nitrogen and oxygen atoms in total. The molecule has 1 aliphatic heterocycles. The molecule has 0 atom stereocenters. The first kappa shape index (κ1) is 19.5. The number of fused-ring (bicyclic) bond motifs is 1. The molecule has 3 rings (SSSR count). The smallest absolute Gasteiger partial charge is 0.331 e. The Bertz CT molecular complexity index is 865. The molecule has 0 N–H and O–H groups in total. The summed E-state index contributed by atoms with van der Waals surface area (Å²) in [6, 6.07) is 10.8. The van der Waals surface area contributed by atoms with Gasteiger partial charge in [-0.2, -0.15) is 0 Å². The molecule has 0 unspecified atom stereocenters. The molecule has 0 aromatic heterocycles. The van der Waals surface area contributed by atoms with Gasteiger partial charge in [-0.05, 0) is 35.8 Å². The van der Waals surface area contributed by atoms with Crippen LogP contribution in [-0.4, -0.2) is 38.7 Å². The van der Waals surface area contributed by atoms with Crippen molar-refractivity contribution in [3.05, 3.63) is 59.2 Å². The van der Waals surface area contributed by atoms with Gasteiger partial charge in [0.1, 0.15) is 13.2 Å². The van der Waals surface area contributed by atoms with E-state index in [9.17, 15) is 9.59 Å². The van der Waals surface area contributed by atoms with Gasteiger partial charge in [0, 0.05) is 11.6 Å². The van der Waals surface area contributed by atoms with Crippen molar-refractivity contribution in [1.82, 2.24) is 0 Å². The van der Waals surface area contributed by atoms with E-state index in [0.717, 1.165) is 12.0 Å². The van der Waals surface area contributed by atoms with Crippen molar-refractivity contribution >= 4 is 17.8 Å². The molecule has 0 radical (unpaired) electrons. The van der Waals surface area contributed by atoms with Crippen molar-refractivity contribution < 1.29 is 28.5 Å². The Labute approximate surface area is 163 Å². The van der Waals surface area contributed by atoms with Gasteiger partial charge >= 0.3 is 5.97 Å². The summed E-state index contributed by atoms with van der Waals surface area (Å²) in [7, 11) is 1.54. The first-order valence-corrected chi connectivity index (χ1v) is 9.05. The van der Waals surface area contributed by atoms with Crippen LogP contribution in [0.4, 0.5) is 0 Å². The molecular weight excluding hydrogens is 360 g/mol. The minimum Gasteiger partial charge on any atom is -0.493 e. The molecule has 6 heteroatoms. The summed E-state index contributed by atoms with van der Waals surface area (Å²) in [6.07, 6.45) is 3.74. The summed E-state index contributed by atoms with van der Waals surface area (Å²) in [4.78, 5) is 24.1. The monoisotopic (exact) mass is 382 g/mol. The second-order valence-corrected chi connectivity index (χ2v) is 6.16. The molecule has 0 aliphatic carbocycles. The third kappa shape index (κ3) is 4.71. The number of ether oxygens (including phenoxy) is 4. The molecule has 2 aromatic carbocycles. The lowest BCUT2D eigenvalue weighted by Crippen LogP contribution is -2.16. The third-order valence-corrected chi connectivity index (χ3v) is 4.29. The topological polar surface area (TPSA) is 71.1 Å². The highest BCUT2D eigenvalue weighted by molar-refractivity contribution is 5.99. The van der Waals surface area contributed by atoms with Gasteiger partial charge in [0.25, 0.3) is 0 Å².